The number of anilines is 1. The summed E-state index contributed by atoms with van der Waals surface area (Å²) in [6.07, 6.45) is -1.26. The molecule has 6 rings (SSSR count). The zero-order valence-corrected chi connectivity index (χ0v) is 29.2. The van der Waals surface area contributed by atoms with Crippen LogP contribution in [0.15, 0.2) is 66.9 Å². The summed E-state index contributed by atoms with van der Waals surface area (Å²) in [6.45, 7) is 4.74. The number of rotatable bonds is 10. The van der Waals surface area contributed by atoms with Gasteiger partial charge in [0.2, 0.25) is 5.88 Å². The minimum absolute atomic E-state index is 0. The summed E-state index contributed by atoms with van der Waals surface area (Å²) in [5.74, 6) is -3.95. The third-order valence-electron chi connectivity index (χ3n) is 8.82. The molecule has 2 aromatic heterocycles. The van der Waals surface area contributed by atoms with E-state index in [-0.39, 0.29) is 35.4 Å². The third-order valence-corrected chi connectivity index (χ3v) is 8.82. The maximum atomic E-state index is 14.5. The van der Waals surface area contributed by atoms with Gasteiger partial charge in [-0.25, -0.2) is 26.9 Å². The molecule has 3 aromatic carbocycles. The van der Waals surface area contributed by atoms with Gasteiger partial charge >= 0.3 is 0 Å². The first-order valence-corrected chi connectivity index (χ1v) is 16.1. The number of carbonyl (C=O) groups excluding carboxylic acids is 2. The van der Waals surface area contributed by atoms with E-state index in [9.17, 15) is 31.5 Å². The Morgan fingerprint density at radius 2 is 1.56 bits per heavy atom. The van der Waals surface area contributed by atoms with Crippen molar-refractivity contribution in [2.45, 2.75) is 26.8 Å². The molecular weight excluding hydrogens is 709 g/mol. The van der Waals surface area contributed by atoms with Crippen LogP contribution in [0.4, 0.5) is 27.6 Å². The van der Waals surface area contributed by atoms with Crippen molar-refractivity contribution in [3.63, 3.8) is 0 Å². The molecule has 1 saturated heterocycles. The number of piperazine rings is 1. The van der Waals surface area contributed by atoms with Gasteiger partial charge in [0.25, 0.3) is 18.2 Å². The van der Waals surface area contributed by atoms with E-state index in [0.717, 1.165) is 23.4 Å². The minimum Gasteiger partial charge on any atom is -0.488 e. The molecule has 1 aliphatic heterocycles. The lowest BCUT2D eigenvalue weighted by molar-refractivity contribution is 0.0619. The average molecular weight is 744 g/mol. The first-order valence-electron chi connectivity index (χ1n) is 16.1. The number of aryl methyl sites for hydroxylation is 1. The fraction of sp³-hybridized carbons (Fsp3) is 0.270. The molecule has 274 valence electrons. The van der Waals surface area contributed by atoms with Crippen molar-refractivity contribution in [2.24, 2.45) is 7.05 Å². The van der Waals surface area contributed by atoms with Crippen LogP contribution in [0.3, 0.4) is 0 Å². The van der Waals surface area contributed by atoms with Crippen LogP contribution in [-0.4, -0.2) is 70.4 Å². The van der Waals surface area contributed by atoms with Gasteiger partial charge in [-0.2, -0.15) is 0 Å². The summed E-state index contributed by atoms with van der Waals surface area (Å²) in [4.78, 5) is 34.5. The number of fused-ring (bicyclic) bond motifs is 1. The molecule has 1 aliphatic rings. The van der Waals surface area contributed by atoms with E-state index in [0.29, 0.717) is 49.9 Å². The number of alkyl halides is 2. The summed E-state index contributed by atoms with van der Waals surface area (Å²) in [5.41, 5.74) is 0.918. The lowest BCUT2D eigenvalue weighted by Crippen LogP contribution is -2.48. The largest absolute Gasteiger partial charge is 0.488 e. The maximum absolute atomic E-state index is 14.5. The van der Waals surface area contributed by atoms with Gasteiger partial charge in [-0.1, -0.05) is 12.1 Å². The number of ether oxygens (including phenoxy) is 2. The highest BCUT2D eigenvalue weighted by Gasteiger charge is 2.26. The van der Waals surface area contributed by atoms with Crippen molar-refractivity contribution in [1.82, 2.24) is 19.4 Å². The first kappa shape index (κ1) is 38.0. The van der Waals surface area contributed by atoms with E-state index in [1.54, 1.807) is 35.9 Å². The molecule has 15 heteroatoms. The van der Waals surface area contributed by atoms with Crippen molar-refractivity contribution in [3.05, 3.63) is 112 Å². The molecular formula is C37H35ClF5N5O4. The van der Waals surface area contributed by atoms with Gasteiger partial charge in [-0.05, 0) is 55.8 Å². The SMILES string of the molecule is Cc1c(F)c(C)c(C(=O)Nc2ccc(Oc3ccc4cc(C(=O)N5CCN(Cc6ccc(OCC(F)F)cc6)CC5)n(C)c4c3)nc2)c(F)c1F.Cl. The second-order valence-corrected chi connectivity index (χ2v) is 12.2. The molecule has 5 aromatic rings. The lowest BCUT2D eigenvalue weighted by atomic mass is 10.0. The van der Waals surface area contributed by atoms with Gasteiger partial charge in [0.1, 0.15) is 29.6 Å². The van der Waals surface area contributed by atoms with Crippen molar-refractivity contribution in [2.75, 3.05) is 38.1 Å². The Morgan fingerprint density at radius 1 is 0.865 bits per heavy atom. The van der Waals surface area contributed by atoms with Crippen LogP contribution in [0.5, 0.6) is 17.4 Å². The molecule has 52 heavy (non-hydrogen) atoms. The van der Waals surface area contributed by atoms with E-state index in [1.807, 2.05) is 29.2 Å². The molecule has 0 spiro atoms. The standard InChI is InChI=1S/C37H34F5N5O4.ClH/c1-21-32(35(42)34(41)22(2)33(21)40)36(48)44-25-7-11-31(43-18-25)51-27-10-6-24-16-29(45(3)28(24)17-27)37(49)47-14-12-46(13-15-47)19-23-4-8-26(9-5-23)50-20-30(38)39;/h4-11,16-18,30H,12-15,19-20H2,1-3H3,(H,44,48);1H. The Balaban J connectivity index is 0.00000523. The predicted octanol–water partition coefficient (Wildman–Crippen LogP) is 7.68. The summed E-state index contributed by atoms with van der Waals surface area (Å²) in [5, 5.41) is 3.24. The Kier molecular flexibility index (Phi) is 11.7. The summed E-state index contributed by atoms with van der Waals surface area (Å²) >= 11 is 0. The molecule has 0 radical (unpaired) electrons. The van der Waals surface area contributed by atoms with Crippen LogP contribution in [0.1, 0.15) is 37.5 Å². The van der Waals surface area contributed by atoms with Crippen molar-refractivity contribution in [3.8, 4) is 17.4 Å². The van der Waals surface area contributed by atoms with Gasteiger partial charge in [-0.15, -0.1) is 12.4 Å². The van der Waals surface area contributed by atoms with Crippen LogP contribution in [0.2, 0.25) is 0 Å². The maximum Gasteiger partial charge on any atom is 0.272 e. The number of hydrogen-bond acceptors (Lipinski definition) is 6. The zero-order chi connectivity index (χ0) is 36.4. The summed E-state index contributed by atoms with van der Waals surface area (Å²) in [6, 6.07) is 17.1. The molecule has 3 heterocycles. The molecule has 9 nitrogen and oxygen atoms in total. The Hall–Kier alpha value is -5.21. The minimum atomic E-state index is -2.53. The van der Waals surface area contributed by atoms with E-state index in [2.05, 4.69) is 15.2 Å². The number of hydrogen-bond donors (Lipinski definition) is 1. The monoisotopic (exact) mass is 743 g/mol. The molecule has 2 amide bonds. The molecule has 0 saturated carbocycles. The van der Waals surface area contributed by atoms with Gasteiger partial charge in [0.05, 0.1) is 23.0 Å². The molecule has 0 bridgehead atoms. The van der Waals surface area contributed by atoms with Crippen LogP contribution in [0.25, 0.3) is 10.9 Å². The normalized spacial score (nSPS) is 13.3. The summed E-state index contributed by atoms with van der Waals surface area (Å²) < 4.78 is 80.4. The zero-order valence-electron chi connectivity index (χ0n) is 28.4. The van der Waals surface area contributed by atoms with Crippen LogP contribution in [-0.2, 0) is 13.6 Å². The van der Waals surface area contributed by atoms with Crippen molar-refractivity contribution in [1.29, 1.82) is 0 Å². The smallest absolute Gasteiger partial charge is 0.272 e. The number of carbonyl (C=O) groups is 2. The van der Waals surface area contributed by atoms with Gasteiger partial charge in [0, 0.05) is 68.4 Å². The fourth-order valence-electron chi connectivity index (χ4n) is 5.98. The number of halogens is 6. The molecule has 1 N–H and O–H groups in total. The van der Waals surface area contributed by atoms with Gasteiger partial charge in [-0.3, -0.25) is 14.5 Å². The van der Waals surface area contributed by atoms with Crippen molar-refractivity contribution >= 4 is 40.8 Å². The summed E-state index contributed by atoms with van der Waals surface area (Å²) in [7, 11) is 1.80. The van der Waals surface area contributed by atoms with E-state index < -0.39 is 47.5 Å². The number of amides is 2. The lowest BCUT2D eigenvalue weighted by Gasteiger charge is -2.34. The van der Waals surface area contributed by atoms with Crippen LogP contribution in [0, 0.1) is 31.3 Å². The molecule has 0 unspecified atom stereocenters. The molecule has 0 atom stereocenters. The van der Waals surface area contributed by atoms with Gasteiger partial charge < -0.3 is 24.3 Å². The number of benzene rings is 3. The van der Waals surface area contributed by atoms with Crippen LogP contribution < -0.4 is 14.8 Å². The Morgan fingerprint density at radius 3 is 2.21 bits per heavy atom. The fourth-order valence-corrected chi connectivity index (χ4v) is 5.98. The number of pyridine rings is 1. The topological polar surface area (TPSA) is 88.9 Å². The van der Waals surface area contributed by atoms with Gasteiger partial charge in [0.15, 0.2) is 11.6 Å². The molecule has 0 aliphatic carbocycles. The number of aromatic nitrogens is 2. The highest BCUT2D eigenvalue weighted by molar-refractivity contribution is 6.05. The third kappa shape index (κ3) is 8.13. The Labute approximate surface area is 302 Å². The number of nitrogens with one attached hydrogen (secondary N) is 1. The first-order chi connectivity index (χ1) is 24.4. The molecule has 1 fully saturated rings. The van der Waals surface area contributed by atoms with E-state index in [1.165, 1.54) is 25.3 Å². The quantitative estimate of drug-likeness (QED) is 0.117. The van der Waals surface area contributed by atoms with E-state index >= 15 is 0 Å². The second kappa shape index (κ2) is 16.0. The Bertz CT molecular complexity index is 2060. The highest BCUT2D eigenvalue weighted by atomic mass is 35.5. The highest BCUT2D eigenvalue weighted by Crippen LogP contribution is 2.29. The van der Waals surface area contributed by atoms with Crippen molar-refractivity contribution < 1.29 is 41.0 Å². The second-order valence-electron chi connectivity index (χ2n) is 12.2. The average Bonchev–Trinajstić information content (AvgIpc) is 3.45. The van der Waals surface area contributed by atoms with Crippen LogP contribution >= 0.6 is 12.4 Å². The van der Waals surface area contributed by atoms with E-state index in [4.69, 9.17) is 9.47 Å². The number of nitrogens with zero attached hydrogens (tertiary/aromatic N) is 4. The predicted molar refractivity (Wildman–Crippen MR) is 187 cm³/mol.